The van der Waals surface area contributed by atoms with Gasteiger partial charge in [-0.2, -0.15) is 0 Å². The van der Waals surface area contributed by atoms with Crippen molar-refractivity contribution in [2.75, 3.05) is 0 Å². The first kappa shape index (κ1) is 14.0. The summed E-state index contributed by atoms with van der Waals surface area (Å²) in [5.74, 6) is -0.223. The van der Waals surface area contributed by atoms with E-state index >= 15 is 0 Å². The molecule has 1 aromatic heterocycles. The summed E-state index contributed by atoms with van der Waals surface area (Å²) >= 11 is 1.47. The molecule has 0 atom stereocenters. The summed E-state index contributed by atoms with van der Waals surface area (Å²) < 4.78 is 27.2. The number of hydrogen-bond acceptors (Lipinski definition) is 3. The van der Waals surface area contributed by atoms with Crippen molar-refractivity contribution in [3.63, 3.8) is 0 Å². The molecule has 5 heteroatoms. The molecule has 20 heavy (non-hydrogen) atoms. The van der Waals surface area contributed by atoms with Crippen LogP contribution in [-0.2, 0) is 9.31 Å². The lowest BCUT2D eigenvalue weighted by Gasteiger charge is -2.32. The molecule has 1 fully saturated rings. The molecule has 106 valence electrons. The van der Waals surface area contributed by atoms with E-state index in [1.54, 1.807) is 6.07 Å². The van der Waals surface area contributed by atoms with Gasteiger partial charge in [0.25, 0.3) is 0 Å². The average Bonchev–Trinajstić information content (AvgIpc) is 2.78. The Morgan fingerprint density at radius 3 is 2.30 bits per heavy atom. The molecule has 0 spiro atoms. The Balaban J connectivity index is 2.06. The van der Waals surface area contributed by atoms with Crippen LogP contribution in [0.4, 0.5) is 4.39 Å². The molecule has 0 aliphatic carbocycles. The maximum atomic E-state index is 14.7. The zero-order chi connectivity index (χ0) is 14.7. The van der Waals surface area contributed by atoms with E-state index in [1.165, 1.54) is 11.3 Å². The fourth-order valence-electron chi connectivity index (χ4n) is 2.37. The third-order valence-corrected chi connectivity index (χ3v) is 5.35. The van der Waals surface area contributed by atoms with Crippen molar-refractivity contribution in [2.24, 2.45) is 0 Å². The number of aryl methyl sites for hydroxylation is 1. The van der Waals surface area contributed by atoms with Gasteiger partial charge in [0, 0.05) is 10.3 Å². The van der Waals surface area contributed by atoms with Gasteiger partial charge in [0.2, 0.25) is 0 Å². The summed E-state index contributed by atoms with van der Waals surface area (Å²) in [5, 5.41) is 0.935. The fourth-order valence-corrected chi connectivity index (χ4v) is 3.33. The number of hydrogen-bond donors (Lipinski definition) is 0. The number of rotatable bonds is 1. The Hall–Kier alpha value is -0.905. The van der Waals surface area contributed by atoms with E-state index in [0.29, 0.717) is 10.2 Å². The summed E-state index contributed by atoms with van der Waals surface area (Å²) in [7, 11) is -0.646. The fraction of sp³-hybridized carbons (Fsp3) is 0.467. The SMILES string of the molecule is Cc1cc2ccc(B3OC(C)(C)C(C)(C)O3)c(F)c2s1. The molecular weight excluding hydrogens is 274 g/mol. The molecule has 2 heterocycles. The molecule has 2 aromatic rings. The highest BCUT2D eigenvalue weighted by atomic mass is 32.1. The van der Waals surface area contributed by atoms with E-state index in [1.807, 2.05) is 46.8 Å². The second kappa shape index (κ2) is 4.29. The first-order valence-corrected chi connectivity index (χ1v) is 7.57. The zero-order valence-electron chi connectivity index (χ0n) is 12.4. The van der Waals surface area contributed by atoms with Crippen molar-refractivity contribution in [2.45, 2.75) is 45.8 Å². The number of halogens is 1. The van der Waals surface area contributed by atoms with Gasteiger partial charge in [0.15, 0.2) is 0 Å². The van der Waals surface area contributed by atoms with E-state index in [4.69, 9.17) is 9.31 Å². The van der Waals surface area contributed by atoms with Crippen molar-refractivity contribution in [3.05, 3.63) is 28.9 Å². The Bertz CT molecular complexity index is 662. The minimum Gasteiger partial charge on any atom is -0.399 e. The van der Waals surface area contributed by atoms with Crippen LogP contribution in [0.25, 0.3) is 10.1 Å². The van der Waals surface area contributed by atoms with Crippen molar-refractivity contribution in [3.8, 4) is 0 Å². The topological polar surface area (TPSA) is 18.5 Å². The van der Waals surface area contributed by atoms with Gasteiger partial charge >= 0.3 is 7.12 Å². The summed E-state index contributed by atoms with van der Waals surface area (Å²) in [4.78, 5) is 1.10. The Morgan fingerprint density at radius 1 is 1.10 bits per heavy atom. The lowest BCUT2D eigenvalue weighted by molar-refractivity contribution is 0.00578. The molecule has 0 unspecified atom stereocenters. The third kappa shape index (κ3) is 2.00. The minimum atomic E-state index is -0.646. The second-order valence-electron chi connectivity index (χ2n) is 6.33. The zero-order valence-corrected chi connectivity index (χ0v) is 13.2. The second-order valence-corrected chi connectivity index (χ2v) is 7.59. The molecule has 1 saturated heterocycles. The van der Waals surface area contributed by atoms with Gasteiger partial charge in [0.05, 0.1) is 15.9 Å². The number of thiophene rings is 1. The summed E-state index contributed by atoms with van der Waals surface area (Å²) in [6, 6.07) is 5.70. The van der Waals surface area contributed by atoms with Crippen LogP contribution in [0.15, 0.2) is 18.2 Å². The molecule has 0 saturated carbocycles. The van der Waals surface area contributed by atoms with E-state index < -0.39 is 18.3 Å². The van der Waals surface area contributed by atoms with E-state index in [9.17, 15) is 4.39 Å². The molecule has 0 bridgehead atoms. The van der Waals surface area contributed by atoms with Gasteiger partial charge in [-0.25, -0.2) is 4.39 Å². The predicted octanol–water partition coefficient (Wildman–Crippen LogP) is 3.65. The largest absolute Gasteiger partial charge is 0.497 e. The third-order valence-electron chi connectivity index (χ3n) is 4.29. The van der Waals surface area contributed by atoms with Crippen molar-refractivity contribution < 1.29 is 13.7 Å². The lowest BCUT2D eigenvalue weighted by atomic mass is 9.78. The van der Waals surface area contributed by atoms with Gasteiger partial charge in [0.1, 0.15) is 5.82 Å². The summed E-state index contributed by atoms with van der Waals surface area (Å²) in [6.45, 7) is 9.87. The monoisotopic (exact) mass is 292 g/mol. The van der Waals surface area contributed by atoms with Crippen molar-refractivity contribution >= 4 is 34.0 Å². The standard InChI is InChI=1S/C15H18BFO2S/c1-9-8-10-6-7-11(12(17)13(10)20-9)16-18-14(2,3)15(4,5)19-16/h6-8H,1-5H3. The highest BCUT2D eigenvalue weighted by Crippen LogP contribution is 2.37. The van der Waals surface area contributed by atoms with Gasteiger partial charge in [-0.05, 0) is 46.1 Å². The Morgan fingerprint density at radius 2 is 1.70 bits per heavy atom. The van der Waals surface area contributed by atoms with Crippen molar-refractivity contribution in [1.82, 2.24) is 0 Å². The molecule has 0 N–H and O–H groups in total. The Labute approximate surface area is 123 Å². The first-order valence-electron chi connectivity index (χ1n) is 6.75. The van der Waals surface area contributed by atoms with Crippen LogP contribution in [0, 0.1) is 12.7 Å². The van der Waals surface area contributed by atoms with Gasteiger partial charge < -0.3 is 9.31 Å². The minimum absolute atomic E-state index is 0.223. The van der Waals surface area contributed by atoms with Crippen LogP contribution in [0.3, 0.4) is 0 Å². The molecule has 0 amide bonds. The predicted molar refractivity (Wildman–Crippen MR) is 82.2 cm³/mol. The highest BCUT2D eigenvalue weighted by molar-refractivity contribution is 7.19. The van der Waals surface area contributed by atoms with Crippen LogP contribution in [0.2, 0.25) is 0 Å². The number of benzene rings is 1. The molecule has 3 rings (SSSR count). The smallest absolute Gasteiger partial charge is 0.399 e. The quantitative estimate of drug-likeness (QED) is 0.747. The molecule has 1 aliphatic heterocycles. The van der Waals surface area contributed by atoms with E-state index in [-0.39, 0.29) is 5.82 Å². The summed E-state index contributed by atoms with van der Waals surface area (Å²) in [5.41, 5.74) is -0.424. The number of fused-ring (bicyclic) bond motifs is 1. The van der Waals surface area contributed by atoms with Crippen LogP contribution in [0.5, 0.6) is 0 Å². The maximum absolute atomic E-state index is 14.7. The molecule has 1 aromatic carbocycles. The van der Waals surface area contributed by atoms with Crippen molar-refractivity contribution in [1.29, 1.82) is 0 Å². The Kier molecular flexibility index (Phi) is 3.02. The van der Waals surface area contributed by atoms with E-state index in [0.717, 1.165) is 10.3 Å². The lowest BCUT2D eigenvalue weighted by Crippen LogP contribution is -2.41. The van der Waals surface area contributed by atoms with Gasteiger partial charge in [-0.15, -0.1) is 11.3 Å². The van der Waals surface area contributed by atoms with Gasteiger partial charge in [-0.3, -0.25) is 0 Å². The maximum Gasteiger partial charge on any atom is 0.497 e. The first-order chi connectivity index (χ1) is 9.21. The highest BCUT2D eigenvalue weighted by Gasteiger charge is 2.52. The molecule has 2 nitrogen and oxygen atoms in total. The molecule has 1 aliphatic rings. The van der Waals surface area contributed by atoms with Gasteiger partial charge in [-0.1, -0.05) is 12.1 Å². The van der Waals surface area contributed by atoms with Crippen LogP contribution in [0.1, 0.15) is 32.6 Å². The molecular formula is C15H18BFO2S. The van der Waals surface area contributed by atoms with Crippen LogP contribution >= 0.6 is 11.3 Å². The van der Waals surface area contributed by atoms with Crippen LogP contribution in [-0.4, -0.2) is 18.3 Å². The van der Waals surface area contributed by atoms with E-state index in [2.05, 4.69) is 0 Å². The van der Waals surface area contributed by atoms with Crippen LogP contribution < -0.4 is 5.46 Å². The summed E-state index contributed by atoms with van der Waals surface area (Å²) in [6.07, 6.45) is 0. The average molecular weight is 292 g/mol. The molecule has 0 radical (unpaired) electrons. The normalized spacial score (nSPS) is 20.8.